The van der Waals surface area contributed by atoms with Crippen molar-refractivity contribution in [2.75, 3.05) is 18.6 Å². The first-order valence-corrected chi connectivity index (χ1v) is 4.41. The molecule has 68 valence electrons. The number of aromatic nitrogens is 1. The fraction of sp³-hybridized carbons (Fsp3) is 0.556. The Bertz CT molecular complexity index is 184. The van der Waals surface area contributed by atoms with Gasteiger partial charge in [-0.05, 0) is 31.4 Å². The largest absolute Gasteiger partial charge is 0.396 e. The van der Waals surface area contributed by atoms with Gasteiger partial charge in [0.1, 0.15) is 0 Å². The van der Waals surface area contributed by atoms with Crippen LogP contribution in [-0.4, -0.2) is 22.9 Å². The van der Waals surface area contributed by atoms with Gasteiger partial charge in [0, 0.05) is 25.5 Å². The van der Waals surface area contributed by atoms with E-state index in [4.69, 9.17) is 5.11 Å². The van der Waals surface area contributed by atoms with Crippen LogP contribution in [0.15, 0.2) is 24.5 Å². The fourth-order valence-electron chi connectivity index (χ4n) is 1.06. The fourth-order valence-corrected chi connectivity index (χ4v) is 1.06. The van der Waals surface area contributed by atoms with Crippen LogP contribution in [0, 0.1) is 0 Å². The second-order valence-electron chi connectivity index (χ2n) is 2.78. The molecule has 1 aromatic heterocycles. The molecule has 3 nitrogen and oxygen atoms in total. The molecule has 0 saturated carbocycles. The number of nitrogens with one attached hydrogen (secondary N) is 1. The van der Waals surface area contributed by atoms with Gasteiger partial charge in [-0.2, -0.15) is 0 Å². The van der Waals surface area contributed by atoms with Crippen LogP contribution in [0.5, 0.6) is 0 Å². The SMILES string of the molecule is OCCCCCNn1cccc1. The minimum Gasteiger partial charge on any atom is -0.396 e. The molecule has 0 aliphatic rings. The van der Waals surface area contributed by atoms with E-state index in [1.807, 2.05) is 29.2 Å². The van der Waals surface area contributed by atoms with E-state index in [0.29, 0.717) is 6.61 Å². The van der Waals surface area contributed by atoms with E-state index in [1.165, 1.54) is 0 Å². The van der Waals surface area contributed by atoms with Crippen molar-refractivity contribution >= 4 is 0 Å². The maximum Gasteiger partial charge on any atom is 0.0431 e. The molecule has 0 fully saturated rings. The number of aliphatic hydroxyl groups excluding tert-OH is 1. The molecule has 0 unspecified atom stereocenters. The smallest absolute Gasteiger partial charge is 0.0431 e. The van der Waals surface area contributed by atoms with Crippen LogP contribution in [0.25, 0.3) is 0 Å². The lowest BCUT2D eigenvalue weighted by Crippen LogP contribution is -2.13. The summed E-state index contributed by atoms with van der Waals surface area (Å²) in [6.45, 7) is 1.28. The third kappa shape index (κ3) is 3.44. The van der Waals surface area contributed by atoms with Crippen LogP contribution in [-0.2, 0) is 0 Å². The van der Waals surface area contributed by atoms with Gasteiger partial charge in [-0.15, -0.1) is 0 Å². The summed E-state index contributed by atoms with van der Waals surface area (Å²) in [4.78, 5) is 0. The molecule has 12 heavy (non-hydrogen) atoms. The molecular formula is C9H16N2O. The Morgan fingerprint density at radius 1 is 1.08 bits per heavy atom. The Morgan fingerprint density at radius 2 is 1.83 bits per heavy atom. The zero-order chi connectivity index (χ0) is 8.65. The molecule has 0 amide bonds. The van der Waals surface area contributed by atoms with E-state index in [-0.39, 0.29) is 0 Å². The standard InChI is InChI=1S/C9H16N2O/c12-9-5-1-2-6-10-11-7-3-4-8-11/h3-4,7-8,10,12H,1-2,5-6,9H2. The summed E-state index contributed by atoms with van der Waals surface area (Å²) >= 11 is 0. The normalized spacial score (nSPS) is 10.1. The highest BCUT2D eigenvalue weighted by Gasteiger charge is 1.88. The predicted octanol–water partition coefficient (Wildman–Crippen LogP) is 1.19. The molecule has 0 aromatic carbocycles. The summed E-state index contributed by atoms with van der Waals surface area (Å²) in [5.74, 6) is 0. The van der Waals surface area contributed by atoms with Crippen molar-refractivity contribution in [2.45, 2.75) is 19.3 Å². The van der Waals surface area contributed by atoms with Crippen molar-refractivity contribution in [3.8, 4) is 0 Å². The molecule has 0 aliphatic heterocycles. The maximum atomic E-state index is 8.52. The molecule has 1 aromatic rings. The van der Waals surface area contributed by atoms with Crippen molar-refractivity contribution in [2.24, 2.45) is 0 Å². The van der Waals surface area contributed by atoms with E-state index in [9.17, 15) is 0 Å². The summed E-state index contributed by atoms with van der Waals surface area (Å²) in [7, 11) is 0. The molecular weight excluding hydrogens is 152 g/mol. The average molecular weight is 168 g/mol. The lowest BCUT2D eigenvalue weighted by molar-refractivity contribution is 0.283. The highest BCUT2D eigenvalue weighted by Crippen LogP contribution is 1.93. The first-order chi connectivity index (χ1) is 5.93. The Balaban J connectivity index is 1.96. The minimum absolute atomic E-state index is 0.309. The topological polar surface area (TPSA) is 37.2 Å². The first-order valence-electron chi connectivity index (χ1n) is 4.41. The Hall–Kier alpha value is -0.960. The van der Waals surface area contributed by atoms with Crippen molar-refractivity contribution < 1.29 is 5.11 Å². The molecule has 1 heterocycles. The third-order valence-corrected chi connectivity index (χ3v) is 1.73. The lowest BCUT2D eigenvalue weighted by atomic mass is 10.2. The summed E-state index contributed by atoms with van der Waals surface area (Å²) < 4.78 is 1.94. The van der Waals surface area contributed by atoms with E-state index >= 15 is 0 Å². The van der Waals surface area contributed by atoms with E-state index in [1.54, 1.807) is 0 Å². The van der Waals surface area contributed by atoms with Crippen LogP contribution < -0.4 is 5.43 Å². The molecule has 0 saturated heterocycles. The van der Waals surface area contributed by atoms with Gasteiger partial charge in [-0.25, -0.2) is 0 Å². The van der Waals surface area contributed by atoms with Crippen LogP contribution in [0.2, 0.25) is 0 Å². The summed E-state index contributed by atoms with van der Waals surface area (Å²) in [6.07, 6.45) is 7.06. The molecule has 0 bridgehead atoms. The van der Waals surface area contributed by atoms with Gasteiger partial charge in [0.05, 0.1) is 0 Å². The zero-order valence-corrected chi connectivity index (χ0v) is 7.24. The van der Waals surface area contributed by atoms with Gasteiger partial charge in [0.2, 0.25) is 0 Å². The molecule has 0 spiro atoms. The monoisotopic (exact) mass is 168 g/mol. The average Bonchev–Trinajstić information content (AvgIpc) is 2.57. The van der Waals surface area contributed by atoms with Crippen molar-refractivity contribution in [1.29, 1.82) is 0 Å². The van der Waals surface area contributed by atoms with Gasteiger partial charge in [-0.1, -0.05) is 0 Å². The van der Waals surface area contributed by atoms with Gasteiger partial charge in [0.15, 0.2) is 0 Å². The number of aliphatic hydroxyl groups is 1. The first kappa shape index (κ1) is 9.13. The minimum atomic E-state index is 0.309. The molecule has 2 N–H and O–H groups in total. The van der Waals surface area contributed by atoms with Crippen LogP contribution in [0.4, 0.5) is 0 Å². The Kier molecular flexibility index (Phi) is 4.31. The number of hydrogen-bond donors (Lipinski definition) is 2. The predicted molar refractivity (Wildman–Crippen MR) is 49.6 cm³/mol. The third-order valence-electron chi connectivity index (χ3n) is 1.73. The number of nitrogens with zero attached hydrogens (tertiary/aromatic N) is 1. The molecule has 1 rings (SSSR count). The summed E-state index contributed by atoms with van der Waals surface area (Å²) in [5, 5.41) is 8.52. The van der Waals surface area contributed by atoms with Crippen LogP contribution in [0.1, 0.15) is 19.3 Å². The van der Waals surface area contributed by atoms with E-state index in [2.05, 4.69) is 5.43 Å². The molecule has 0 radical (unpaired) electrons. The second-order valence-corrected chi connectivity index (χ2v) is 2.78. The molecule has 0 atom stereocenters. The number of hydrogen-bond acceptors (Lipinski definition) is 2. The number of unbranched alkanes of at least 4 members (excludes halogenated alkanes) is 2. The van der Waals surface area contributed by atoms with Crippen molar-refractivity contribution in [3.63, 3.8) is 0 Å². The van der Waals surface area contributed by atoms with Gasteiger partial charge >= 0.3 is 0 Å². The van der Waals surface area contributed by atoms with Gasteiger partial charge in [0.25, 0.3) is 0 Å². The quantitative estimate of drug-likeness (QED) is 0.626. The van der Waals surface area contributed by atoms with Crippen molar-refractivity contribution in [3.05, 3.63) is 24.5 Å². The second kappa shape index (κ2) is 5.66. The van der Waals surface area contributed by atoms with E-state index < -0.39 is 0 Å². The highest BCUT2D eigenvalue weighted by molar-refractivity contribution is 4.92. The maximum absolute atomic E-state index is 8.52. The molecule has 3 heteroatoms. The van der Waals surface area contributed by atoms with Gasteiger partial charge in [-0.3, -0.25) is 4.68 Å². The van der Waals surface area contributed by atoms with Gasteiger partial charge < -0.3 is 10.5 Å². The van der Waals surface area contributed by atoms with Crippen LogP contribution in [0.3, 0.4) is 0 Å². The number of rotatable bonds is 6. The van der Waals surface area contributed by atoms with Crippen LogP contribution >= 0.6 is 0 Å². The highest BCUT2D eigenvalue weighted by atomic mass is 16.2. The van der Waals surface area contributed by atoms with E-state index in [0.717, 1.165) is 25.8 Å². The Morgan fingerprint density at radius 3 is 2.50 bits per heavy atom. The summed E-state index contributed by atoms with van der Waals surface area (Å²) in [6, 6.07) is 3.97. The lowest BCUT2D eigenvalue weighted by Gasteiger charge is -2.05. The Labute approximate surface area is 73.0 Å². The zero-order valence-electron chi connectivity index (χ0n) is 7.24. The van der Waals surface area contributed by atoms with Crippen molar-refractivity contribution in [1.82, 2.24) is 4.68 Å². The summed E-state index contributed by atoms with van der Waals surface area (Å²) in [5.41, 5.74) is 3.22. The molecule has 0 aliphatic carbocycles.